The smallest absolute Gasteiger partial charge is 0.344 e. The van der Waals surface area contributed by atoms with Gasteiger partial charge in [-0.25, -0.2) is 8.37 Å². The van der Waals surface area contributed by atoms with Gasteiger partial charge in [-0.2, -0.15) is 8.42 Å². The molecule has 27 heavy (non-hydrogen) atoms. The third-order valence-corrected chi connectivity index (χ3v) is 5.90. The van der Waals surface area contributed by atoms with Crippen molar-refractivity contribution in [2.75, 3.05) is 6.61 Å². The molecule has 0 radical (unpaired) electrons. The van der Waals surface area contributed by atoms with Crippen LogP contribution in [-0.2, 0) is 18.8 Å². The number of hydrogen-bond donors (Lipinski definition) is 1. The summed E-state index contributed by atoms with van der Waals surface area (Å²) in [7, 11) is -3.86. The third kappa shape index (κ3) is 20.4. The van der Waals surface area contributed by atoms with Crippen LogP contribution in [0.25, 0.3) is 0 Å². The molecule has 0 fully saturated rings. The van der Waals surface area contributed by atoms with E-state index in [4.69, 9.17) is 4.18 Å². The van der Waals surface area contributed by atoms with E-state index in [1.807, 2.05) is 13.8 Å². The summed E-state index contributed by atoms with van der Waals surface area (Å²) in [5, 5.41) is 0. The Balaban J connectivity index is 0. The van der Waals surface area contributed by atoms with Gasteiger partial charge in [0.2, 0.25) is 0 Å². The van der Waals surface area contributed by atoms with Crippen LogP contribution in [0.3, 0.4) is 0 Å². The van der Waals surface area contributed by atoms with Crippen LogP contribution in [0, 0.1) is 0 Å². The maximum Gasteiger partial charge on any atom is 0.400 e. The van der Waals surface area contributed by atoms with Crippen LogP contribution in [0.15, 0.2) is 0 Å². The zero-order valence-corrected chi connectivity index (χ0v) is 19.4. The Hall–Kier alpha value is -0.170. The minimum atomic E-state index is -3.86. The lowest BCUT2D eigenvalue weighted by atomic mass is 9.99. The molecule has 0 aliphatic rings. The van der Waals surface area contributed by atoms with E-state index in [0.29, 0.717) is 0 Å². The largest absolute Gasteiger partial charge is 0.400 e. The summed E-state index contributed by atoms with van der Waals surface area (Å²) < 4.78 is 32.9. The van der Waals surface area contributed by atoms with Gasteiger partial charge in [0.25, 0.3) is 0 Å². The van der Waals surface area contributed by atoms with Gasteiger partial charge in [0, 0.05) is 0 Å². The van der Waals surface area contributed by atoms with Crippen molar-refractivity contribution in [2.24, 2.45) is 0 Å². The first-order valence-corrected chi connectivity index (χ1v) is 12.3. The highest BCUT2D eigenvalue weighted by atomic mass is 32.3. The molecule has 0 aromatic carbocycles. The zero-order valence-electron chi connectivity index (χ0n) is 18.6. The van der Waals surface area contributed by atoms with E-state index in [9.17, 15) is 8.42 Å². The second-order valence-electron chi connectivity index (χ2n) is 8.00. The molecule has 0 aliphatic heterocycles. The summed E-state index contributed by atoms with van der Waals surface area (Å²) >= 11 is 0. The fourth-order valence-electron chi connectivity index (χ4n) is 3.23. The first-order valence-electron chi connectivity index (χ1n) is 10.9. The minimum absolute atomic E-state index is 0. The first kappa shape index (κ1) is 29.0. The maximum atomic E-state index is 11.5. The number of hydrogen-bond acceptors (Lipinski definition) is 5. The maximum absolute atomic E-state index is 11.5. The van der Waals surface area contributed by atoms with Crippen molar-refractivity contribution >= 4 is 10.4 Å². The fraction of sp³-hybridized carbons (Fsp3) is 1.00. The average Bonchev–Trinajstić information content (AvgIpc) is 2.54. The van der Waals surface area contributed by atoms with E-state index in [-0.39, 0.29) is 12.8 Å². The van der Waals surface area contributed by atoms with Crippen LogP contribution in [0.4, 0.5) is 0 Å². The minimum Gasteiger partial charge on any atom is -0.344 e. The van der Waals surface area contributed by atoms with Gasteiger partial charge < -0.3 is 6.15 Å². The lowest BCUT2D eigenvalue weighted by Gasteiger charge is -2.23. The van der Waals surface area contributed by atoms with Crippen molar-refractivity contribution < 1.29 is 16.8 Å². The topological polar surface area (TPSA) is 87.6 Å². The molecule has 0 rings (SSSR count). The van der Waals surface area contributed by atoms with Crippen LogP contribution in [0.1, 0.15) is 124 Å². The van der Waals surface area contributed by atoms with Crippen LogP contribution in [0.5, 0.6) is 0 Å². The Morgan fingerprint density at radius 1 is 0.667 bits per heavy atom. The lowest BCUT2D eigenvalue weighted by Crippen LogP contribution is -2.29. The molecule has 0 aromatic rings. The molecule has 0 aromatic heterocycles. The summed E-state index contributed by atoms with van der Waals surface area (Å²) in [4.78, 5) is 0. The van der Waals surface area contributed by atoms with E-state index in [2.05, 4.69) is 11.1 Å². The summed E-state index contributed by atoms with van der Waals surface area (Å²) in [6.07, 6.45) is 19.2. The Kier molecular flexibility index (Phi) is 19.2. The molecule has 0 heterocycles. The quantitative estimate of drug-likeness (QED) is 0.230. The predicted molar refractivity (Wildman–Crippen MR) is 116 cm³/mol. The van der Waals surface area contributed by atoms with Gasteiger partial charge in [0.15, 0.2) is 0 Å². The van der Waals surface area contributed by atoms with E-state index < -0.39 is 16.0 Å². The highest BCUT2D eigenvalue weighted by Gasteiger charge is 2.26. The number of unbranched alkanes of at least 4 members (excludes halogenated alkanes) is 13. The van der Waals surface area contributed by atoms with Crippen molar-refractivity contribution in [3.05, 3.63) is 0 Å². The first-order chi connectivity index (χ1) is 12.3. The standard InChI is InChI=1S/C21H44O4S.H3N/c1-5-7-8-9-10-11-12-13-14-15-16-17-18-19-20-21(3,4)25-26(22,23)24-6-2;/h5-20H2,1-4H3;1H3. The van der Waals surface area contributed by atoms with Gasteiger partial charge >= 0.3 is 10.4 Å². The number of rotatable bonds is 19. The average molecular weight is 410 g/mol. The van der Waals surface area contributed by atoms with Crippen molar-refractivity contribution in [1.29, 1.82) is 0 Å². The Morgan fingerprint density at radius 2 is 1.04 bits per heavy atom. The van der Waals surface area contributed by atoms with Gasteiger partial charge in [0.05, 0.1) is 12.2 Å². The van der Waals surface area contributed by atoms with E-state index in [1.54, 1.807) is 6.92 Å². The van der Waals surface area contributed by atoms with Crippen LogP contribution < -0.4 is 6.15 Å². The highest BCUT2D eigenvalue weighted by Crippen LogP contribution is 2.22. The van der Waals surface area contributed by atoms with E-state index >= 15 is 0 Å². The molecule has 0 unspecified atom stereocenters. The molecule has 0 bridgehead atoms. The summed E-state index contributed by atoms with van der Waals surface area (Å²) in [5.41, 5.74) is -0.689. The zero-order chi connectivity index (χ0) is 19.7. The van der Waals surface area contributed by atoms with Gasteiger partial charge in [-0.05, 0) is 27.2 Å². The summed E-state index contributed by atoms with van der Waals surface area (Å²) in [5.74, 6) is 0. The van der Waals surface area contributed by atoms with Crippen LogP contribution in [0.2, 0.25) is 0 Å². The van der Waals surface area contributed by atoms with Crippen molar-refractivity contribution in [3.8, 4) is 0 Å². The van der Waals surface area contributed by atoms with Crippen molar-refractivity contribution in [3.63, 3.8) is 0 Å². The fourth-order valence-corrected chi connectivity index (χ4v) is 4.20. The normalized spacial score (nSPS) is 12.1. The predicted octanol–water partition coefficient (Wildman–Crippen LogP) is 7.10. The van der Waals surface area contributed by atoms with Crippen molar-refractivity contribution in [1.82, 2.24) is 6.15 Å². The van der Waals surface area contributed by atoms with Crippen molar-refractivity contribution in [2.45, 2.75) is 130 Å². The summed E-state index contributed by atoms with van der Waals surface area (Å²) in [6.45, 7) is 7.64. The molecule has 3 N–H and O–H groups in total. The Bertz CT molecular complexity index is 410. The molecule has 0 saturated carbocycles. The second-order valence-corrected chi connectivity index (χ2v) is 9.22. The molecule has 6 heteroatoms. The molecule has 0 saturated heterocycles. The van der Waals surface area contributed by atoms with Gasteiger partial charge in [-0.1, -0.05) is 96.8 Å². The van der Waals surface area contributed by atoms with E-state index in [1.165, 1.54) is 77.0 Å². The second kappa shape index (κ2) is 17.9. The highest BCUT2D eigenvalue weighted by molar-refractivity contribution is 7.81. The van der Waals surface area contributed by atoms with Crippen LogP contribution in [-0.4, -0.2) is 20.6 Å². The Labute approximate surface area is 169 Å². The summed E-state index contributed by atoms with van der Waals surface area (Å²) in [6, 6.07) is 0. The molecule has 0 atom stereocenters. The van der Waals surface area contributed by atoms with Gasteiger partial charge in [-0.3, -0.25) is 0 Å². The molecule has 166 valence electrons. The van der Waals surface area contributed by atoms with Gasteiger partial charge in [0.1, 0.15) is 0 Å². The molecule has 0 spiro atoms. The molecular formula is C21H47NO4S. The molecule has 5 nitrogen and oxygen atoms in total. The van der Waals surface area contributed by atoms with Gasteiger partial charge in [-0.15, -0.1) is 0 Å². The van der Waals surface area contributed by atoms with Crippen LogP contribution >= 0.6 is 0 Å². The third-order valence-electron chi connectivity index (χ3n) is 4.72. The lowest BCUT2D eigenvalue weighted by molar-refractivity contribution is 0.0775. The van der Waals surface area contributed by atoms with E-state index in [0.717, 1.165) is 19.3 Å². The molecular weight excluding hydrogens is 362 g/mol. The Morgan fingerprint density at radius 3 is 1.41 bits per heavy atom. The monoisotopic (exact) mass is 409 g/mol. The molecule has 0 aliphatic carbocycles. The molecule has 0 amide bonds. The SMILES string of the molecule is CCCCCCCCCCCCCCCCC(C)(C)OS(=O)(=O)OCC.N.